The van der Waals surface area contributed by atoms with Gasteiger partial charge in [0.05, 0.1) is 22.6 Å². The Morgan fingerprint density at radius 1 is 0.923 bits per heavy atom. The van der Waals surface area contributed by atoms with Crippen molar-refractivity contribution >= 4 is 33.8 Å². The smallest absolute Gasteiger partial charge is 0.475 e. The first kappa shape index (κ1) is 27.3. The van der Waals surface area contributed by atoms with Crippen LogP contribution in [-0.2, 0) is 16.0 Å². The van der Waals surface area contributed by atoms with Crippen LogP contribution in [0.15, 0.2) is 91.1 Å². The standard InChI is InChI=1S/C26H22N4O2.C2HF3O2/c27-25(32)24(31)22(16-17-8-2-1-3-9-17)30-21-14-5-4-13-20(21)29-26(30)19-12-6-10-18-11-7-15-28-23(18)19;3-2(4,5)1(6)7/h1-15,22,24,31H,16H2,(H2,27,32);(H,6,7). The Hall–Kier alpha value is -4.77. The maximum absolute atomic E-state index is 12.1. The number of hydrogen-bond acceptors (Lipinski definition) is 5. The van der Waals surface area contributed by atoms with Crippen LogP contribution in [0, 0.1) is 0 Å². The Kier molecular flexibility index (Phi) is 7.91. The van der Waals surface area contributed by atoms with Gasteiger partial charge in [-0.1, -0.05) is 60.7 Å². The lowest BCUT2D eigenvalue weighted by atomic mass is 9.99. The molecule has 0 aliphatic rings. The average Bonchev–Trinajstić information content (AvgIpc) is 3.30. The SMILES string of the molecule is NC(=O)C(O)C(Cc1ccccc1)n1c(-c2cccc3cccnc23)nc2ccccc21.O=C(O)C(F)(F)F. The number of aromatic nitrogens is 3. The Bertz CT molecular complexity index is 1610. The lowest BCUT2D eigenvalue weighted by Gasteiger charge is -2.25. The number of fused-ring (bicyclic) bond motifs is 2. The summed E-state index contributed by atoms with van der Waals surface area (Å²) in [6, 6.07) is 26.6. The van der Waals surface area contributed by atoms with Crippen LogP contribution in [0.25, 0.3) is 33.3 Å². The van der Waals surface area contributed by atoms with Gasteiger partial charge in [-0.25, -0.2) is 9.78 Å². The van der Waals surface area contributed by atoms with E-state index in [2.05, 4.69) is 4.98 Å². The summed E-state index contributed by atoms with van der Waals surface area (Å²) in [5, 5.41) is 19.0. The van der Waals surface area contributed by atoms with E-state index in [0.29, 0.717) is 12.2 Å². The molecular weight excluding hydrogens is 513 g/mol. The molecule has 0 aliphatic heterocycles. The number of pyridine rings is 1. The van der Waals surface area contributed by atoms with Crippen LogP contribution in [-0.4, -0.2) is 48.9 Å². The first-order valence-electron chi connectivity index (χ1n) is 11.7. The third-order valence-corrected chi connectivity index (χ3v) is 5.99. The van der Waals surface area contributed by atoms with E-state index < -0.39 is 30.2 Å². The van der Waals surface area contributed by atoms with Crippen LogP contribution in [0.5, 0.6) is 0 Å². The summed E-state index contributed by atoms with van der Waals surface area (Å²) in [5.41, 5.74) is 9.79. The molecule has 0 aliphatic carbocycles. The van der Waals surface area contributed by atoms with Gasteiger partial charge in [0, 0.05) is 17.1 Å². The number of carboxylic acids is 1. The summed E-state index contributed by atoms with van der Waals surface area (Å²) in [7, 11) is 0. The molecule has 11 heteroatoms. The van der Waals surface area contributed by atoms with Gasteiger partial charge in [0.1, 0.15) is 5.82 Å². The zero-order valence-corrected chi connectivity index (χ0v) is 20.3. The van der Waals surface area contributed by atoms with Crippen molar-refractivity contribution in [3.63, 3.8) is 0 Å². The molecule has 5 aromatic rings. The highest BCUT2D eigenvalue weighted by Gasteiger charge is 2.38. The summed E-state index contributed by atoms with van der Waals surface area (Å²) >= 11 is 0. The molecule has 200 valence electrons. The van der Waals surface area contributed by atoms with Crippen LogP contribution < -0.4 is 5.73 Å². The molecule has 5 rings (SSSR count). The van der Waals surface area contributed by atoms with Gasteiger partial charge in [0.25, 0.3) is 0 Å². The van der Waals surface area contributed by atoms with Crippen molar-refractivity contribution in [3.05, 3.63) is 96.7 Å². The van der Waals surface area contributed by atoms with E-state index >= 15 is 0 Å². The van der Waals surface area contributed by atoms with Crippen molar-refractivity contribution in [2.24, 2.45) is 5.73 Å². The van der Waals surface area contributed by atoms with Crippen molar-refractivity contribution in [2.75, 3.05) is 0 Å². The number of carbonyl (C=O) groups is 2. The second-order valence-corrected chi connectivity index (χ2v) is 8.58. The fourth-order valence-electron chi connectivity index (χ4n) is 4.24. The maximum Gasteiger partial charge on any atom is 0.490 e. The Morgan fingerprint density at radius 3 is 2.23 bits per heavy atom. The van der Waals surface area contributed by atoms with Crippen LogP contribution >= 0.6 is 0 Å². The van der Waals surface area contributed by atoms with Gasteiger partial charge in [0.15, 0.2) is 6.10 Å². The number of primary amides is 1. The first-order chi connectivity index (χ1) is 18.6. The Balaban J connectivity index is 0.000000448. The zero-order valence-electron chi connectivity index (χ0n) is 20.3. The number of amides is 1. The van der Waals surface area contributed by atoms with Crippen molar-refractivity contribution < 1.29 is 33.0 Å². The van der Waals surface area contributed by atoms with Gasteiger partial charge >= 0.3 is 12.1 Å². The highest BCUT2D eigenvalue weighted by Crippen LogP contribution is 2.34. The molecule has 0 saturated carbocycles. The molecule has 39 heavy (non-hydrogen) atoms. The molecule has 0 bridgehead atoms. The molecule has 2 heterocycles. The number of nitrogens with two attached hydrogens (primary N) is 1. The number of nitrogens with zero attached hydrogens (tertiary/aromatic N) is 3. The highest BCUT2D eigenvalue weighted by atomic mass is 19.4. The van der Waals surface area contributed by atoms with Crippen molar-refractivity contribution in [1.29, 1.82) is 0 Å². The van der Waals surface area contributed by atoms with Crippen molar-refractivity contribution in [1.82, 2.24) is 14.5 Å². The van der Waals surface area contributed by atoms with E-state index in [1.165, 1.54) is 0 Å². The molecule has 3 aromatic carbocycles. The molecule has 4 N–H and O–H groups in total. The number of hydrogen-bond donors (Lipinski definition) is 3. The molecule has 2 atom stereocenters. The van der Waals surface area contributed by atoms with E-state index in [0.717, 1.165) is 33.1 Å². The third kappa shape index (κ3) is 6.04. The molecule has 0 radical (unpaired) electrons. The number of alkyl halides is 3. The van der Waals surface area contributed by atoms with Crippen LogP contribution in [0.4, 0.5) is 13.2 Å². The Labute approximate surface area is 220 Å². The van der Waals surface area contributed by atoms with Gasteiger partial charge in [-0.3, -0.25) is 9.78 Å². The summed E-state index contributed by atoms with van der Waals surface area (Å²) in [5.74, 6) is -2.89. The summed E-state index contributed by atoms with van der Waals surface area (Å²) < 4.78 is 33.7. The monoisotopic (exact) mass is 536 g/mol. The molecule has 0 spiro atoms. The van der Waals surface area contributed by atoms with E-state index in [-0.39, 0.29) is 0 Å². The van der Waals surface area contributed by atoms with E-state index in [1.54, 1.807) is 6.20 Å². The lowest BCUT2D eigenvalue weighted by Crippen LogP contribution is -2.38. The molecular formula is C28H23F3N4O4. The number of rotatable bonds is 6. The maximum atomic E-state index is 12.1. The second-order valence-electron chi connectivity index (χ2n) is 8.58. The third-order valence-electron chi connectivity index (χ3n) is 5.99. The van der Waals surface area contributed by atoms with Crippen LogP contribution in [0.2, 0.25) is 0 Å². The highest BCUT2D eigenvalue weighted by molar-refractivity contribution is 5.94. The summed E-state index contributed by atoms with van der Waals surface area (Å²) in [6.45, 7) is 0. The number of carboxylic acid groups (broad SMARTS) is 1. The van der Waals surface area contributed by atoms with Gasteiger partial charge in [-0.2, -0.15) is 13.2 Å². The average molecular weight is 537 g/mol. The van der Waals surface area contributed by atoms with Gasteiger partial charge in [0.2, 0.25) is 5.91 Å². The number of para-hydroxylation sites is 3. The fourth-order valence-corrected chi connectivity index (χ4v) is 4.24. The normalized spacial score (nSPS) is 12.9. The predicted octanol–water partition coefficient (Wildman–Crippen LogP) is 4.51. The minimum Gasteiger partial charge on any atom is -0.475 e. The number of aliphatic hydroxyl groups is 1. The topological polar surface area (TPSA) is 131 Å². The number of aliphatic hydroxyl groups excluding tert-OH is 1. The van der Waals surface area contributed by atoms with Crippen molar-refractivity contribution in [3.8, 4) is 11.4 Å². The molecule has 0 saturated heterocycles. The quantitative estimate of drug-likeness (QED) is 0.293. The molecule has 8 nitrogen and oxygen atoms in total. The van der Waals surface area contributed by atoms with E-state index in [4.69, 9.17) is 20.6 Å². The number of imidazole rings is 1. The van der Waals surface area contributed by atoms with Gasteiger partial charge in [-0.05, 0) is 36.2 Å². The fraction of sp³-hybridized carbons (Fsp3) is 0.143. The van der Waals surface area contributed by atoms with Crippen molar-refractivity contribution in [2.45, 2.75) is 24.7 Å². The second kappa shape index (κ2) is 11.3. The lowest BCUT2D eigenvalue weighted by molar-refractivity contribution is -0.192. The van der Waals surface area contributed by atoms with Gasteiger partial charge < -0.3 is 20.5 Å². The zero-order chi connectivity index (χ0) is 28.2. The number of benzene rings is 3. The molecule has 2 unspecified atom stereocenters. The van der Waals surface area contributed by atoms with Crippen LogP contribution in [0.3, 0.4) is 0 Å². The predicted molar refractivity (Wildman–Crippen MR) is 139 cm³/mol. The minimum absolute atomic E-state index is 0.413. The number of aliphatic carboxylic acids is 1. The number of halogens is 3. The van der Waals surface area contributed by atoms with E-state index in [9.17, 15) is 23.1 Å². The summed E-state index contributed by atoms with van der Waals surface area (Å²) in [6.07, 6.45) is -4.32. The van der Waals surface area contributed by atoms with Gasteiger partial charge in [-0.15, -0.1) is 0 Å². The molecule has 2 aromatic heterocycles. The molecule has 0 fully saturated rings. The molecule has 1 amide bonds. The first-order valence-corrected chi connectivity index (χ1v) is 11.7. The largest absolute Gasteiger partial charge is 0.490 e. The summed E-state index contributed by atoms with van der Waals surface area (Å²) in [4.78, 5) is 30.5. The minimum atomic E-state index is -5.08. The Morgan fingerprint density at radius 2 is 1.56 bits per heavy atom. The van der Waals surface area contributed by atoms with E-state index in [1.807, 2.05) is 89.5 Å². The number of carbonyl (C=O) groups excluding carboxylic acids is 1. The van der Waals surface area contributed by atoms with Crippen LogP contribution in [0.1, 0.15) is 11.6 Å².